The molecule has 0 radical (unpaired) electrons. The van der Waals surface area contributed by atoms with Crippen molar-refractivity contribution in [3.8, 4) is 0 Å². The highest BCUT2D eigenvalue weighted by Gasteiger charge is 2.48. The van der Waals surface area contributed by atoms with E-state index in [2.05, 4.69) is 0 Å². The van der Waals surface area contributed by atoms with Gasteiger partial charge in [-0.05, 0) is 25.7 Å². The van der Waals surface area contributed by atoms with E-state index in [4.69, 9.17) is 4.74 Å². The number of hydrogen-bond donors (Lipinski definition) is 1. The van der Waals surface area contributed by atoms with Crippen molar-refractivity contribution in [3.05, 3.63) is 0 Å². The van der Waals surface area contributed by atoms with Crippen molar-refractivity contribution in [2.75, 3.05) is 32.6 Å². The number of rotatable bonds is 6. The van der Waals surface area contributed by atoms with E-state index in [-0.39, 0.29) is 11.4 Å². The fraction of sp³-hybridized carbons (Fsp3) is 0.846. The molecule has 0 spiro atoms. The second kappa shape index (κ2) is 6.67. The van der Waals surface area contributed by atoms with Gasteiger partial charge in [-0.15, -0.1) is 11.8 Å². The lowest BCUT2D eigenvalue weighted by Gasteiger charge is -2.33. The predicted molar refractivity (Wildman–Crippen MR) is 76.8 cm³/mol. The highest BCUT2D eigenvalue weighted by molar-refractivity contribution is 8.00. The van der Waals surface area contributed by atoms with Crippen molar-refractivity contribution in [1.82, 2.24) is 9.80 Å². The number of carboxylic acid groups (broad SMARTS) is 1. The van der Waals surface area contributed by atoms with Crippen molar-refractivity contribution in [1.29, 1.82) is 0 Å². The summed E-state index contributed by atoms with van der Waals surface area (Å²) in [6, 6.07) is -0.867. The second-order valence-corrected chi connectivity index (χ2v) is 6.33. The Kier molecular flexibility index (Phi) is 5.15. The summed E-state index contributed by atoms with van der Waals surface area (Å²) in [5.41, 5.74) is 0. The third-order valence-corrected chi connectivity index (χ3v) is 5.25. The number of carboxylic acids is 1. The Hall–Kier alpha value is -0.950. The highest BCUT2D eigenvalue weighted by atomic mass is 32.2. The molecule has 0 aromatic heterocycles. The topological polar surface area (TPSA) is 70.1 Å². The van der Waals surface area contributed by atoms with E-state index in [1.54, 1.807) is 28.7 Å². The van der Waals surface area contributed by atoms with Crippen LogP contribution in [-0.4, -0.2) is 70.9 Å². The third kappa shape index (κ3) is 3.20. The van der Waals surface area contributed by atoms with Crippen molar-refractivity contribution in [2.24, 2.45) is 5.92 Å². The van der Waals surface area contributed by atoms with Crippen LogP contribution >= 0.6 is 11.8 Å². The number of carbonyl (C=O) groups excluding carboxylic acids is 1. The smallest absolute Gasteiger partial charge is 0.327 e. The maximum absolute atomic E-state index is 12.7. The molecular weight excluding hydrogens is 280 g/mol. The van der Waals surface area contributed by atoms with E-state index in [9.17, 15) is 14.7 Å². The van der Waals surface area contributed by atoms with Crippen molar-refractivity contribution in [3.63, 3.8) is 0 Å². The van der Waals surface area contributed by atoms with Gasteiger partial charge in [0.15, 0.2) is 0 Å². The predicted octanol–water partition coefficient (Wildman–Crippen LogP) is 1.31. The minimum Gasteiger partial charge on any atom is -0.480 e. The Balaban J connectivity index is 2.10. The van der Waals surface area contributed by atoms with Crippen LogP contribution in [0.25, 0.3) is 0 Å². The Morgan fingerprint density at radius 3 is 2.65 bits per heavy atom. The molecule has 2 rings (SSSR count). The number of methoxy groups -OCH3 is 1. The maximum atomic E-state index is 12.7. The highest BCUT2D eigenvalue weighted by Crippen LogP contribution is 2.45. The number of amides is 2. The summed E-state index contributed by atoms with van der Waals surface area (Å²) in [6.07, 6.45) is 2.19. The van der Waals surface area contributed by atoms with Crippen LogP contribution in [0, 0.1) is 5.92 Å². The van der Waals surface area contributed by atoms with Gasteiger partial charge in [0.25, 0.3) is 0 Å². The van der Waals surface area contributed by atoms with Gasteiger partial charge in [-0.2, -0.15) is 0 Å². The van der Waals surface area contributed by atoms with Crippen LogP contribution in [0.3, 0.4) is 0 Å². The molecule has 0 aromatic carbocycles. The number of thioether (sulfide) groups is 1. The first-order valence-corrected chi connectivity index (χ1v) is 8.05. The van der Waals surface area contributed by atoms with Crippen LogP contribution in [0.4, 0.5) is 4.79 Å². The van der Waals surface area contributed by atoms with Gasteiger partial charge in [0, 0.05) is 26.0 Å². The molecule has 2 amide bonds. The van der Waals surface area contributed by atoms with Crippen LogP contribution in [-0.2, 0) is 9.53 Å². The van der Waals surface area contributed by atoms with Crippen LogP contribution < -0.4 is 0 Å². The average Bonchev–Trinajstić information content (AvgIpc) is 3.17. The molecular formula is C13H22N2O4S. The van der Waals surface area contributed by atoms with E-state index in [1.165, 1.54) is 0 Å². The molecule has 2 unspecified atom stereocenters. The molecule has 2 atom stereocenters. The summed E-state index contributed by atoms with van der Waals surface area (Å²) in [4.78, 5) is 27.3. The molecule has 2 fully saturated rings. The molecule has 114 valence electrons. The van der Waals surface area contributed by atoms with Crippen LogP contribution in [0.5, 0.6) is 0 Å². The quantitative estimate of drug-likeness (QED) is 0.801. The molecule has 1 N–H and O–H groups in total. The number of carbonyl (C=O) groups is 2. The lowest BCUT2D eigenvalue weighted by molar-refractivity contribution is -0.141. The first kappa shape index (κ1) is 15.4. The van der Waals surface area contributed by atoms with Crippen LogP contribution in [0.2, 0.25) is 0 Å². The van der Waals surface area contributed by atoms with E-state index < -0.39 is 12.0 Å². The normalized spacial score (nSPS) is 25.8. The van der Waals surface area contributed by atoms with E-state index >= 15 is 0 Å². The average molecular weight is 302 g/mol. The number of aliphatic carboxylic acids is 1. The first-order valence-electron chi connectivity index (χ1n) is 7.00. The number of hydrogen-bond acceptors (Lipinski definition) is 4. The van der Waals surface area contributed by atoms with Gasteiger partial charge in [-0.3, -0.25) is 4.90 Å². The van der Waals surface area contributed by atoms with E-state index in [0.717, 1.165) is 12.8 Å². The molecule has 20 heavy (non-hydrogen) atoms. The number of nitrogens with zero attached hydrogens (tertiary/aromatic N) is 2. The van der Waals surface area contributed by atoms with E-state index in [1.807, 2.05) is 6.92 Å². The molecule has 0 aromatic rings. The Bertz CT molecular complexity index is 375. The van der Waals surface area contributed by atoms with Crippen molar-refractivity contribution >= 4 is 23.8 Å². The van der Waals surface area contributed by atoms with Crippen molar-refractivity contribution < 1.29 is 19.4 Å². The number of likely N-dealkylation sites (N-methyl/N-ethyl adjacent to an activating group) is 1. The summed E-state index contributed by atoms with van der Waals surface area (Å²) < 4.78 is 5.01. The first-order chi connectivity index (χ1) is 9.60. The molecule has 1 heterocycles. The summed E-state index contributed by atoms with van der Waals surface area (Å²) in [5, 5.41) is 9.36. The minimum absolute atomic E-state index is 0.0280. The zero-order chi connectivity index (χ0) is 14.7. The van der Waals surface area contributed by atoms with Crippen LogP contribution in [0.1, 0.15) is 19.8 Å². The number of urea groups is 1. The SMILES string of the molecule is CCN(CCOC)C(=O)N1C(C(=O)O)CSC1C1CC1. The monoisotopic (exact) mass is 302 g/mol. The van der Waals surface area contributed by atoms with Gasteiger partial charge in [0.1, 0.15) is 6.04 Å². The van der Waals surface area contributed by atoms with Gasteiger partial charge < -0.3 is 14.7 Å². The van der Waals surface area contributed by atoms with Gasteiger partial charge in [-0.25, -0.2) is 9.59 Å². The Morgan fingerprint density at radius 2 is 2.15 bits per heavy atom. The molecule has 1 aliphatic carbocycles. The van der Waals surface area contributed by atoms with Gasteiger partial charge in [0.05, 0.1) is 12.0 Å². The molecule has 1 saturated carbocycles. The molecule has 0 bridgehead atoms. The molecule has 1 aliphatic heterocycles. The van der Waals surface area contributed by atoms with Gasteiger partial charge >= 0.3 is 12.0 Å². The van der Waals surface area contributed by atoms with Crippen molar-refractivity contribution in [2.45, 2.75) is 31.2 Å². The summed E-state index contributed by atoms with van der Waals surface area (Å²) in [7, 11) is 1.59. The fourth-order valence-corrected chi connectivity index (χ4v) is 4.08. The molecule has 7 heteroatoms. The lowest BCUT2D eigenvalue weighted by atomic mass is 10.2. The Labute approximate surface area is 123 Å². The summed E-state index contributed by atoms with van der Waals surface area (Å²) >= 11 is 1.60. The zero-order valence-corrected chi connectivity index (χ0v) is 12.8. The van der Waals surface area contributed by atoms with Crippen LogP contribution in [0.15, 0.2) is 0 Å². The largest absolute Gasteiger partial charge is 0.480 e. The maximum Gasteiger partial charge on any atom is 0.327 e. The molecule has 2 aliphatic rings. The summed E-state index contributed by atoms with van der Waals surface area (Å²) in [5.74, 6) is 0.0515. The molecule has 6 nitrogen and oxygen atoms in total. The van der Waals surface area contributed by atoms with Gasteiger partial charge in [0.2, 0.25) is 0 Å². The standard InChI is InChI=1S/C13H22N2O4S/c1-3-14(6-7-19-2)13(18)15-10(12(16)17)8-20-11(15)9-4-5-9/h9-11H,3-8H2,1-2H3,(H,16,17). The third-order valence-electron chi connectivity index (χ3n) is 3.78. The molecule has 1 saturated heterocycles. The zero-order valence-electron chi connectivity index (χ0n) is 11.9. The number of ether oxygens (including phenoxy) is 1. The second-order valence-electron chi connectivity index (χ2n) is 5.18. The summed E-state index contributed by atoms with van der Waals surface area (Å²) in [6.45, 7) is 3.43. The minimum atomic E-state index is -0.906. The Morgan fingerprint density at radius 1 is 1.45 bits per heavy atom. The fourth-order valence-electron chi connectivity index (χ4n) is 2.46. The lowest BCUT2D eigenvalue weighted by Crippen LogP contribution is -2.52. The van der Waals surface area contributed by atoms with E-state index in [0.29, 0.717) is 31.4 Å². The van der Waals surface area contributed by atoms with Gasteiger partial charge in [-0.1, -0.05) is 0 Å².